The summed E-state index contributed by atoms with van der Waals surface area (Å²) in [4.78, 5) is 22.0. The van der Waals surface area contributed by atoms with E-state index in [0.717, 1.165) is 12.8 Å². The summed E-state index contributed by atoms with van der Waals surface area (Å²) >= 11 is 0. The second kappa shape index (κ2) is 5.21. The fraction of sp³-hybridized carbons (Fsp3) is 0.429. The zero-order valence-corrected chi connectivity index (χ0v) is 10.1. The molecule has 0 heterocycles. The number of hydrogen-bond acceptors (Lipinski definition) is 2. The van der Waals surface area contributed by atoms with Gasteiger partial charge in [0.2, 0.25) is 5.91 Å². The van der Waals surface area contributed by atoms with E-state index in [0.29, 0.717) is 12.3 Å². The van der Waals surface area contributed by atoms with Crippen LogP contribution in [-0.2, 0) is 22.4 Å². The van der Waals surface area contributed by atoms with Crippen molar-refractivity contribution < 1.29 is 14.7 Å². The highest BCUT2D eigenvalue weighted by Gasteiger charge is 2.28. The van der Waals surface area contributed by atoms with E-state index in [1.807, 2.05) is 12.1 Å². The summed E-state index contributed by atoms with van der Waals surface area (Å²) in [5, 5.41) is 9.09. The van der Waals surface area contributed by atoms with Crippen molar-refractivity contribution in [3.63, 3.8) is 0 Å². The fourth-order valence-corrected chi connectivity index (χ4v) is 2.73. The molecule has 0 aromatic heterocycles. The van der Waals surface area contributed by atoms with Gasteiger partial charge in [0.05, 0.1) is 5.92 Å². The second-order valence-electron chi connectivity index (χ2n) is 4.98. The van der Waals surface area contributed by atoms with E-state index in [-0.39, 0.29) is 6.42 Å². The zero-order chi connectivity index (χ0) is 13.1. The van der Waals surface area contributed by atoms with E-state index in [9.17, 15) is 9.59 Å². The highest BCUT2D eigenvalue weighted by molar-refractivity contribution is 5.81. The van der Waals surface area contributed by atoms with Gasteiger partial charge >= 0.3 is 5.97 Å². The molecule has 1 atom stereocenters. The lowest BCUT2D eigenvalue weighted by Crippen LogP contribution is -2.24. The Morgan fingerprint density at radius 3 is 2.28 bits per heavy atom. The quantitative estimate of drug-likeness (QED) is 0.824. The van der Waals surface area contributed by atoms with Crippen LogP contribution >= 0.6 is 0 Å². The first-order chi connectivity index (χ1) is 8.56. The first kappa shape index (κ1) is 12.6. The van der Waals surface area contributed by atoms with Gasteiger partial charge < -0.3 is 10.8 Å². The molecule has 1 aliphatic rings. The predicted octanol–water partition coefficient (Wildman–Crippen LogP) is 1.37. The standard InChI is InChI=1S/C14H17NO3/c15-13(16)8-12(14(17)18)7-9-5-10-3-1-2-4-11(10)6-9/h1-4,9,12H,5-8H2,(H2,15,16)(H,17,18). The van der Waals surface area contributed by atoms with Gasteiger partial charge in [0, 0.05) is 6.42 Å². The van der Waals surface area contributed by atoms with Gasteiger partial charge in [-0.2, -0.15) is 0 Å². The molecule has 0 spiro atoms. The molecule has 1 unspecified atom stereocenters. The number of rotatable bonds is 5. The summed E-state index contributed by atoms with van der Waals surface area (Å²) in [6.45, 7) is 0. The van der Waals surface area contributed by atoms with E-state index in [4.69, 9.17) is 10.8 Å². The minimum Gasteiger partial charge on any atom is -0.481 e. The van der Waals surface area contributed by atoms with Gasteiger partial charge in [-0.15, -0.1) is 0 Å². The predicted molar refractivity (Wildman–Crippen MR) is 66.9 cm³/mol. The summed E-state index contributed by atoms with van der Waals surface area (Å²) in [5.74, 6) is -1.81. The average Bonchev–Trinajstić information content (AvgIpc) is 2.69. The number of benzene rings is 1. The zero-order valence-electron chi connectivity index (χ0n) is 10.1. The van der Waals surface area contributed by atoms with E-state index < -0.39 is 17.8 Å². The van der Waals surface area contributed by atoms with Gasteiger partial charge in [0.1, 0.15) is 0 Å². The van der Waals surface area contributed by atoms with Crippen LogP contribution in [0.1, 0.15) is 24.0 Å². The lowest BCUT2D eigenvalue weighted by Gasteiger charge is -2.15. The molecule has 1 aromatic carbocycles. The molecular weight excluding hydrogens is 230 g/mol. The van der Waals surface area contributed by atoms with Crippen LogP contribution in [0.4, 0.5) is 0 Å². The lowest BCUT2D eigenvalue weighted by atomic mass is 9.90. The van der Waals surface area contributed by atoms with Crippen LogP contribution < -0.4 is 5.73 Å². The number of nitrogens with two attached hydrogens (primary N) is 1. The molecule has 1 amide bonds. The van der Waals surface area contributed by atoms with Crippen molar-refractivity contribution in [3.05, 3.63) is 35.4 Å². The molecule has 0 saturated carbocycles. The van der Waals surface area contributed by atoms with E-state index in [2.05, 4.69) is 12.1 Å². The Balaban J connectivity index is 1.99. The van der Waals surface area contributed by atoms with Crippen molar-refractivity contribution in [1.82, 2.24) is 0 Å². The maximum Gasteiger partial charge on any atom is 0.307 e. The molecule has 4 nitrogen and oxygen atoms in total. The van der Waals surface area contributed by atoms with Crippen molar-refractivity contribution in [3.8, 4) is 0 Å². The van der Waals surface area contributed by atoms with Crippen molar-refractivity contribution in [2.45, 2.75) is 25.7 Å². The number of aliphatic carboxylic acids is 1. The van der Waals surface area contributed by atoms with Crippen molar-refractivity contribution >= 4 is 11.9 Å². The number of carboxylic acids is 1. The Hall–Kier alpha value is -1.84. The summed E-state index contributed by atoms with van der Waals surface area (Å²) in [7, 11) is 0. The molecule has 3 N–H and O–H groups in total. The molecule has 18 heavy (non-hydrogen) atoms. The molecule has 0 fully saturated rings. The van der Waals surface area contributed by atoms with E-state index >= 15 is 0 Å². The van der Waals surface area contributed by atoms with Gasteiger partial charge in [-0.25, -0.2) is 0 Å². The van der Waals surface area contributed by atoms with Crippen LogP contribution in [0.2, 0.25) is 0 Å². The Kier molecular flexibility index (Phi) is 3.65. The highest BCUT2D eigenvalue weighted by Crippen LogP contribution is 2.31. The molecule has 2 rings (SSSR count). The summed E-state index contributed by atoms with van der Waals surface area (Å²) < 4.78 is 0. The number of amides is 1. The fourth-order valence-electron chi connectivity index (χ4n) is 2.73. The number of carbonyl (C=O) groups excluding carboxylic acids is 1. The van der Waals surface area contributed by atoms with E-state index in [1.54, 1.807) is 0 Å². The third-order valence-corrected chi connectivity index (χ3v) is 3.55. The van der Waals surface area contributed by atoms with Gasteiger partial charge in [-0.3, -0.25) is 9.59 Å². The van der Waals surface area contributed by atoms with Gasteiger partial charge in [0.15, 0.2) is 0 Å². The van der Waals surface area contributed by atoms with Gasteiger partial charge in [-0.1, -0.05) is 24.3 Å². The van der Waals surface area contributed by atoms with Crippen LogP contribution in [0.3, 0.4) is 0 Å². The third-order valence-electron chi connectivity index (χ3n) is 3.55. The SMILES string of the molecule is NC(=O)CC(CC1Cc2ccccc2C1)C(=O)O. The Morgan fingerprint density at radius 2 is 1.83 bits per heavy atom. The van der Waals surface area contributed by atoms with Gasteiger partial charge in [0.25, 0.3) is 0 Å². The number of primary amides is 1. The Labute approximate surface area is 106 Å². The van der Waals surface area contributed by atoms with Crippen LogP contribution in [0.15, 0.2) is 24.3 Å². The van der Waals surface area contributed by atoms with Crippen molar-refractivity contribution in [1.29, 1.82) is 0 Å². The first-order valence-corrected chi connectivity index (χ1v) is 6.14. The third kappa shape index (κ3) is 2.88. The summed E-state index contributed by atoms with van der Waals surface area (Å²) in [5.41, 5.74) is 7.68. The largest absolute Gasteiger partial charge is 0.481 e. The second-order valence-corrected chi connectivity index (χ2v) is 4.98. The molecule has 0 bridgehead atoms. The van der Waals surface area contributed by atoms with Crippen LogP contribution in [0, 0.1) is 11.8 Å². The maximum atomic E-state index is 11.1. The van der Waals surface area contributed by atoms with E-state index in [1.165, 1.54) is 11.1 Å². The molecule has 0 saturated heterocycles. The normalized spacial score (nSPS) is 16.2. The van der Waals surface area contributed by atoms with Crippen molar-refractivity contribution in [2.75, 3.05) is 0 Å². The summed E-state index contributed by atoms with van der Waals surface area (Å²) in [6, 6.07) is 8.16. The van der Waals surface area contributed by atoms with Crippen molar-refractivity contribution in [2.24, 2.45) is 17.6 Å². The number of carbonyl (C=O) groups is 2. The number of hydrogen-bond donors (Lipinski definition) is 2. The molecular formula is C14H17NO3. The molecule has 1 aliphatic carbocycles. The first-order valence-electron chi connectivity index (χ1n) is 6.14. The molecule has 0 aliphatic heterocycles. The minimum absolute atomic E-state index is 0.0673. The Bertz CT molecular complexity index is 445. The van der Waals surface area contributed by atoms with Crippen LogP contribution in [0.5, 0.6) is 0 Å². The number of carboxylic acid groups (broad SMARTS) is 1. The highest BCUT2D eigenvalue weighted by atomic mass is 16.4. The molecule has 1 aromatic rings. The summed E-state index contributed by atoms with van der Waals surface area (Å²) in [6.07, 6.45) is 2.26. The average molecular weight is 247 g/mol. The smallest absolute Gasteiger partial charge is 0.307 e. The lowest BCUT2D eigenvalue weighted by molar-refractivity contribution is -0.144. The minimum atomic E-state index is -0.926. The maximum absolute atomic E-state index is 11.1. The topological polar surface area (TPSA) is 80.4 Å². The molecule has 96 valence electrons. The monoisotopic (exact) mass is 247 g/mol. The molecule has 4 heteroatoms. The number of fused-ring (bicyclic) bond motifs is 1. The molecule has 0 radical (unpaired) electrons. The van der Waals surface area contributed by atoms with Crippen LogP contribution in [-0.4, -0.2) is 17.0 Å². The van der Waals surface area contributed by atoms with Crippen LogP contribution in [0.25, 0.3) is 0 Å². The Morgan fingerprint density at radius 1 is 1.28 bits per heavy atom. The van der Waals surface area contributed by atoms with Gasteiger partial charge in [-0.05, 0) is 36.3 Å².